The van der Waals surface area contributed by atoms with E-state index in [9.17, 15) is 9.18 Å². The van der Waals surface area contributed by atoms with Crippen LogP contribution in [0, 0.1) is 0 Å². The number of nitrogens with one attached hydrogen (secondary N) is 2. The first-order chi connectivity index (χ1) is 22.6. The highest BCUT2D eigenvalue weighted by Gasteiger charge is 2.53. The Kier molecular flexibility index (Phi) is 11.0. The molecule has 5 rings (SSSR count). The summed E-state index contributed by atoms with van der Waals surface area (Å²) in [4.78, 5) is 22.1. The molecule has 236 valence electrons. The lowest BCUT2D eigenvalue weighted by molar-refractivity contribution is -0.130. The lowest BCUT2D eigenvalue weighted by Crippen LogP contribution is -2.54. The van der Waals surface area contributed by atoms with Crippen LogP contribution in [0.1, 0.15) is 34.8 Å². The molecule has 0 fully saturated rings. The van der Waals surface area contributed by atoms with Crippen LogP contribution in [0.2, 0.25) is 0 Å². The fraction of sp³-hybridized carbons (Fsp3) is 0.257. The Morgan fingerprint density at radius 2 is 1.63 bits per heavy atom. The number of aliphatic imine (C=N–C) groups is 1. The van der Waals surface area contributed by atoms with Crippen LogP contribution in [0.25, 0.3) is 21.6 Å². The maximum absolute atomic E-state index is 14.2. The molecule has 4 aromatic rings. The van der Waals surface area contributed by atoms with Gasteiger partial charge in [-0.3, -0.25) is 10.2 Å². The summed E-state index contributed by atoms with van der Waals surface area (Å²) in [6.07, 6.45) is -0.255. The lowest BCUT2D eigenvalue weighted by Gasteiger charge is -2.31. The molecule has 0 radical (unpaired) electrons. The molecule has 10 nitrogen and oxygen atoms in total. The van der Waals surface area contributed by atoms with E-state index < -0.39 is 24.2 Å². The Bertz CT molecular complexity index is 1680. The van der Waals surface area contributed by atoms with Crippen LogP contribution in [0.5, 0.6) is 5.75 Å². The monoisotopic (exact) mass is 622 g/mol. The molecule has 1 amide bonds. The highest BCUT2D eigenvalue weighted by molar-refractivity contribution is 6.01. The number of hydrogen-bond acceptors (Lipinski definition) is 7. The molecule has 0 aromatic heterocycles. The predicted molar refractivity (Wildman–Crippen MR) is 174 cm³/mol. The van der Waals surface area contributed by atoms with Crippen LogP contribution < -0.4 is 15.6 Å². The van der Waals surface area contributed by atoms with Crippen molar-refractivity contribution in [3.05, 3.63) is 136 Å². The molecule has 46 heavy (non-hydrogen) atoms. The summed E-state index contributed by atoms with van der Waals surface area (Å²) in [5.41, 5.74) is 17.7. The molecule has 0 aliphatic carbocycles. The maximum atomic E-state index is 14.2. The third-order valence-corrected chi connectivity index (χ3v) is 7.65. The van der Waals surface area contributed by atoms with E-state index in [1.165, 1.54) is 0 Å². The molecule has 1 aliphatic heterocycles. The van der Waals surface area contributed by atoms with Crippen LogP contribution in [0.15, 0.2) is 113 Å². The zero-order chi connectivity index (χ0) is 32.2. The number of ether oxygens (including phenoxy) is 2. The van der Waals surface area contributed by atoms with Gasteiger partial charge in [0.05, 0.1) is 13.2 Å². The first-order valence-electron chi connectivity index (χ1n) is 15.0. The molecular weight excluding hydrogens is 587 g/mol. The van der Waals surface area contributed by atoms with Gasteiger partial charge in [-0.15, -0.1) is 0 Å². The first-order valence-corrected chi connectivity index (χ1v) is 15.0. The van der Waals surface area contributed by atoms with Crippen molar-refractivity contribution in [1.29, 1.82) is 0 Å². The fourth-order valence-corrected chi connectivity index (χ4v) is 5.34. The van der Waals surface area contributed by atoms with Gasteiger partial charge in [-0.1, -0.05) is 84.0 Å². The molecule has 11 heteroatoms. The van der Waals surface area contributed by atoms with Crippen molar-refractivity contribution in [3.63, 3.8) is 0 Å². The van der Waals surface area contributed by atoms with Gasteiger partial charge in [0.1, 0.15) is 12.4 Å². The minimum Gasteiger partial charge on any atom is -0.494 e. The molecular formula is C35H35FN6O4. The average molecular weight is 623 g/mol. The summed E-state index contributed by atoms with van der Waals surface area (Å²) in [6, 6.07) is 32.3. The molecule has 0 unspecified atom stereocenters. The second kappa shape index (κ2) is 15.7. The third kappa shape index (κ3) is 7.52. The Balaban J connectivity index is 1.59. The van der Waals surface area contributed by atoms with Crippen LogP contribution >= 0.6 is 0 Å². The molecule has 2 atom stereocenters. The second-order valence-corrected chi connectivity index (χ2v) is 10.7. The van der Waals surface area contributed by atoms with Crippen molar-refractivity contribution in [2.75, 3.05) is 26.4 Å². The number of amides is 1. The number of alkyl halides is 1. The minimum atomic E-state index is -1.53. The lowest BCUT2D eigenvalue weighted by atomic mass is 9.80. The molecule has 4 aromatic carbocycles. The van der Waals surface area contributed by atoms with Crippen LogP contribution in [0.3, 0.4) is 0 Å². The third-order valence-electron chi connectivity index (χ3n) is 7.65. The van der Waals surface area contributed by atoms with Crippen LogP contribution in [-0.4, -0.2) is 48.9 Å². The zero-order valence-corrected chi connectivity index (χ0v) is 25.2. The molecule has 0 saturated heterocycles. The van der Waals surface area contributed by atoms with Gasteiger partial charge in [-0.2, -0.15) is 0 Å². The SMILES string of the molecule is [N-]=[N+]=NCc1ccccc1C[C@]1(C(=O)NNCCF)N=C(c2ccc(OCCCO)cc2)O[C@H]1c1ccc(-c2ccccc2)cc1. The zero-order valence-electron chi connectivity index (χ0n) is 25.2. The summed E-state index contributed by atoms with van der Waals surface area (Å²) in [5.74, 6) is 0.373. The second-order valence-electron chi connectivity index (χ2n) is 10.7. The number of nitrogens with zero attached hydrogens (tertiary/aromatic N) is 4. The maximum Gasteiger partial charge on any atom is 0.266 e. The molecule has 0 saturated carbocycles. The molecule has 0 spiro atoms. The topological polar surface area (TPSA) is 141 Å². The van der Waals surface area contributed by atoms with Crippen molar-refractivity contribution < 1.29 is 23.8 Å². The number of benzene rings is 4. The summed E-state index contributed by atoms with van der Waals surface area (Å²) in [6.45, 7) is -0.257. The van der Waals surface area contributed by atoms with Gasteiger partial charge in [0.15, 0.2) is 11.6 Å². The van der Waals surface area contributed by atoms with Crippen LogP contribution in [-0.2, 0) is 22.5 Å². The van der Waals surface area contributed by atoms with Crippen molar-refractivity contribution in [3.8, 4) is 16.9 Å². The minimum absolute atomic E-state index is 0.0345. The van der Waals surface area contributed by atoms with E-state index in [2.05, 4.69) is 20.9 Å². The van der Waals surface area contributed by atoms with Gasteiger partial charge < -0.3 is 14.6 Å². The Morgan fingerprint density at radius 1 is 0.957 bits per heavy atom. The van der Waals surface area contributed by atoms with Gasteiger partial charge >= 0.3 is 0 Å². The normalized spacial score (nSPS) is 17.0. The van der Waals surface area contributed by atoms with Crippen molar-refractivity contribution in [2.45, 2.75) is 31.0 Å². The van der Waals surface area contributed by atoms with Crippen molar-refractivity contribution >= 4 is 11.8 Å². The van der Waals surface area contributed by atoms with Crippen LogP contribution in [0.4, 0.5) is 4.39 Å². The Morgan fingerprint density at radius 3 is 2.33 bits per heavy atom. The number of carbonyl (C=O) groups is 1. The van der Waals surface area contributed by atoms with Crippen molar-refractivity contribution in [1.82, 2.24) is 10.9 Å². The van der Waals surface area contributed by atoms with E-state index >= 15 is 0 Å². The standard InChI is InChI=1S/C35H35FN6O4/c36-19-20-38-41-34(44)35(23-29-9-4-5-10-30(29)24-39-42-37)32(27-13-11-26(12-14-27)25-7-2-1-3-8-25)46-33(40-35)28-15-17-31(18-16-28)45-22-6-21-43/h1-5,7-18,32,38,43H,6,19-24H2,(H,41,44)/t32-,35-/m0/s1. The van der Waals surface area contributed by atoms with E-state index in [0.717, 1.165) is 27.8 Å². The number of aliphatic hydroxyl groups excluding tert-OH is 1. The summed E-state index contributed by atoms with van der Waals surface area (Å²) in [5, 5.41) is 12.8. The number of halogens is 1. The summed E-state index contributed by atoms with van der Waals surface area (Å²) in [7, 11) is 0. The van der Waals surface area contributed by atoms with E-state index in [4.69, 9.17) is 25.1 Å². The quantitative estimate of drug-likeness (QED) is 0.0489. The number of carbonyl (C=O) groups excluding carboxylic acids is 1. The van der Waals surface area contributed by atoms with Gasteiger partial charge in [-0.05, 0) is 57.6 Å². The number of rotatable bonds is 15. The van der Waals surface area contributed by atoms with E-state index in [1.54, 1.807) is 24.3 Å². The largest absolute Gasteiger partial charge is 0.494 e. The highest BCUT2D eigenvalue weighted by atomic mass is 19.1. The molecule has 0 bridgehead atoms. The average Bonchev–Trinajstić information content (AvgIpc) is 3.49. The van der Waals surface area contributed by atoms with E-state index in [1.807, 2.05) is 78.9 Å². The summed E-state index contributed by atoms with van der Waals surface area (Å²) >= 11 is 0. The molecule has 1 aliphatic rings. The van der Waals surface area contributed by atoms with Gasteiger partial charge in [0.2, 0.25) is 5.90 Å². The predicted octanol–water partition coefficient (Wildman–Crippen LogP) is 6.02. The molecule has 1 heterocycles. The summed E-state index contributed by atoms with van der Waals surface area (Å²) < 4.78 is 25.3. The Hall–Kier alpha value is -5.22. The number of aliphatic hydroxyl groups is 1. The van der Waals surface area contributed by atoms with Gasteiger partial charge in [0.25, 0.3) is 5.91 Å². The number of hydrazine groups is 1. The first kappa shape index (κ1) is 32.2. The fourth-order valence-electron chi connectivity index (χ4n) is 5.34. The van der Waals surface area contributed by atoms with E-state index in [-0.39, 0.29) is 32.0 Å². The van der Waals surface area contributed by atoms with Gasteiger partial charge in [-0.25, -0.2) is 14.8 Å². The smallest absolute Gasteiger partial charge is 0.266 e. The van der Waals surface area contributed by atoms with E-state index in [0.29, 0.717) is 24.3 Å². The molecule has 3 N–H and O–H groups in total. The Labute approximate surface area is 266 Å². The van der Waals surface area contributed by atoms with Crippen molar-refractivity contribution in [2.24, 2.45) is 10.1 Å². The number of hydrogen-bond donors (Lipinski definition) is 3. The number of azide groups is 1. The highest BCUT2D eigenvalue weighted by Crippen LogP contribution is 2.43. The van der Waals surface area contributed by atoms with Gasteiger partial charge in [0, 0.05) is 36.5 Å².